The van der Waals surface area contributed by atoms with Crippen molar-refractivity contribution >= 4 is 0 Å². The molecule has 0 aliphatic heterocycles. The Morgan fingerprint density at radius 1 is 0.806 bits per heavy atom. The third-order valence-electron chi connectivity index (χ3n) is 13.4. The molecule has 0 aromatic rings. The van der Waals surface area contributed by atoms with Crippen molar-refractivity contribution in [3.63, 3.8) is 0 Å². The highest BCUT2D eigenvalue weighted by Gasteiger charge is 2.67. The largest absolute Gasteiger partial charge is 0.393 e. The zero-order valence-corrected chi connectivity index (χ0v) is 21.9. The molecule has 1 N–H and O–H groups in total. The van der Waals surface area contributed by atoms with Crippen LogP contribution in [0.25, 0.3) is 0 Å². The van der Waals surface area contributed by atoms with Crippen molar-refractivity contribution in [3.05, 3.63) is 11.6 Å². The van der Waals surface area contributed by atoms with Gasteiger partial charge in [0.2, 0.25) is 0 Å². The van der Waals surface area contributed by atoms with Gasteiger partial charge >= 0.3 is 0 Å². The molecule has 5 aliphatic rings. The molecular formula is C30H50O. The quantitative estimate of drug-likeness (QED) is 0.389. The molecule has 5 rings (SSSR count). The lowest BCUT2D eigenvalue weighted by Gasteiger charge is -2.71. The molecule has 0 aromatic heterocycles. The van der Waals surface area contributed by atoms with E-state index in [1.807, 2.05) is 5.57 Å². The number of hydrogen-bond acceptors (Lipinski definition) is 1. The lowest BCUT2D eigenvalue weighted by molar-refractivity contribution is -0.203. The van der Waals surface area contributed by atoms with E-state index in [9.17, 15) is 5.11 Å². The highest BCUT2D eigenvalue weighted by Crippen LogP contribution is 2.75. The van der Waals surface area contributed by atoms with Gasteiger partial charge in [-0.05, 0) is 114 Å². The summed E-state index contributed by atoms with van der Waals surface area (Å²) < 4.78 is 0. The molecule has 5 aliphatic carbocycles. The maximum absolute atomic E-state index is 10.9. The molecule has 0 saturated heterocycles. The van der Waals surface area contributed by atoms with Gasteiger partial charge < -0.3 is 5.11 Å². The summed E-state index contributed by atoms with van der Waals surface area (Å²) in [5, 5.41) is 10.9. The van der Waals surface area contributed by atoms with E-state index in [2.05, 4.69) is 61.5 Å². The van der Waals surface area contributed by atoms with Gasteiger partial charge in [0.25, 0.3) is 0 Å². The van der Waals surface area contributed by atoms with E-state index in [1.54, 1.807) is 0 Å². The number of fused-ring (bicyclic) bond motifs is 7. The summed E-state index contributed by atoms with van der Waals surface area (Å²) in [6.45, 7) is 20.5. The van der Waals surface area contributed by atoms with Gasteiger partial charge in [0.1, 0.15) is 0 Å². The lowest BCUT2D eigenvalue weighted by Crippen LogP contribution is -2.64. The Balaban J connectivity index is 1.59. The van der Waals surface area contributed by atoms with Crippen molar-refractivity contribution in [1.29, 1.82) is 0 Å². The average Bonchev–Trinajstić information content (AvgIpc) is 2.69. The summed E-state index contributed by atoms with van der Waals surface area (Å²) >= 11 is 0. The van der Waals surface area contributed by atoms with Gasteiger partial charge in [0, 0.05) is 0 Å². The number of rotatable bonds is 0. The topological polar surface area (TPSA) is 20.2 Å². The third-order valence-corrected chi connectivity index (χ3v) is 13.4. The molecule has 4 fully saturated rings. The molecule has 0 unspecified atom stereocenters. The van der Waals surface area contributed by atoms with Crippen LogP contribution in [0, 0.1) is 56.7 Å². The van der Waals surface area contributed by atoms with Crippen LogP contribution >= 0.6 is 0 Å². The van der Waals surface area contributed by atoms with Gasteiger partial charge in [-0.15, -0.1) is 0 Å². The molecule has 0 aromatic carbocycles. The van der Waals surface area contributed by atoms with E-state index < -0.39 is 0 Å². The van der Waals surface area contributed by atoms with E-state index in [4.69, 9.17) is 0 Å². The second-order valence-electron chi connectivity index (χ2n) is 14.7. The minimum atomic E-state index is -0.125. The lowest BCUT2D eigenvalue weighted by atomic mass is 9.33. The molecule has 0 radical (unpaired) electrons. The molecule has 0 bridgehead atoms. The first-order chi connectivity index (χ1) is 14.3. The fraction of sp³-hybridized carbons (Fsp3) is 0.933. The Morgan fingerprint density at radius 2 is 1.52 bits per heavy atom. The van der Waals surface area contributed by atoms with E-state index >= 15 is 0 Å². The van der Waals surface area contributed by atoms with Crippen LogP contribution in [0.3, 0.4) is 0 Å². The fourth-order valence-corrected chi connectivity index (χ4v) is 10.8. The number of hydrogen-bond donors (Lipinski definition) is 1. The summed E-state index contributed by atoms with van der Waals surface area (Å²) in [5.74, 6) is 3.90. The van der Waals surface area contributed by atoms with Gasteiger partial charge in [-0.25, -0.2) is 0 Å². The van der Waals surface area contributed by atoms with Crippen LogP contribution in [-0.4, -0.2) is 11.2 Å². The maximum atomic E-state index is 10.9. The standard InChI is InChI=1S/C30H50O/c1-19-11-14-27(5)17-18-29(7)21(25(27)20(19)2)9-10-23-28(6)15-13-24(31)26(3,4)22(28)12-16-30(23,29)8/h9,19-20,22-25,31H,10-18H2,1-8H3/t19-,20-,22+,23-,24-,25-,27-,28+,29-,30-/m1/s1. The SMILES string of the molecule is C[C@@H]1[C@H](C)CC[C@]2(C)CC[C@]3(C)C(=CC[C@@H]4[C@@]5(C)CC[C@@H](O)C(C)(C)[C@@H]5CC[C@]43C)[C@@H]12. The van der Waals surface area contributed by atoms with Gasteiger partial charge in [-0.2, -0.15) is 0 Å². The van der Waals surface area contributed by atoms with Gasteiger partial charge in [-0.3, -0.25) is 0 Å². The van der Waals surface area contributed by atoms with Crippen LogP contribution in [0.15, 0.2) is 11.6 Å². The molecule has 10 atom stereocenters. The molecule has 1 nitrogen and oxygen atoms in total. The van der Waals surface area contributed by atoms with Crippen LogP contribution in [0.1, 0.15) is 113 Å². The van der Waals surface area contributed by atoms with E-state index in [0.717, 1.165) is 30.1 Å². The Hall–Kier alpha value is -0.300. The summed E-state index contributed by atoms with van der Waals surface area (Å²) in [6.07, 6.45) is 14.5. The zero-order chi connectivity index (χ0) is 22.6. The predicted octanol–water partition coefficient (Wildman–Crippen LogP) is 8.02. The molecule has 0 heterocycles. The number of aliphatic hydroxyl groups excluding tert-OH is 1. The molecule has 31 heavy (non-hydrogen) atoms. The van der Waals surface area contributed by atoms with Crippen molar-refractivity contribution in [2.24, 2.45) is 56.7 Å². The molecule has 176 valence electrons. The minimum Gasteiger partial charge on any atom is -0.393 e. The van der Waals surface area contributed by atoms with Crippen molar-refractivity contribution in [2.45, 2.75) is 119 Å². The van der Waals surface area contributed by atoms with Gasteiger partial charge in [0.05, 0.1) is 6.10 Å². The maximum Gasteiger partial charge on any atom is 0.0594 e. The predicted molar refractivity (Wildman–Crippen MR) is 131 cm³/mol. The van der Waals surface area contributed by atoms with Crippen molar-refractivity contribution < 1.29 is 5.11 Å². The summed E-state index contributed by atoms with van der Waals surface area (Å²) in [7, 11) is 0. The molecule has 4 saturated carbocycles. The monoisotopic (exact) mass is 426 g/mol. The number of aliphatic hydroxyl groups is 1. The Bertz CT molecular complexity index is 779. The molecule has 1 heteroatoms. The second-order valence-corrected chi connectivity index (χ2v) is 14.7. The Labute approximate surface area is 192 Å². The summed E-state index contributed by atoms with van der Waals surface area (Å²) in [5.41, 5.74) is 3.60. The van der Waals surface area contributed by atoms with Crippen molar-refractivity contribution in [2.75, 3.05) is 0 Å². The second kappa shape index (κ2) is 6.64. The normalized spacial score (nSPS) is 58.3. The summed E-state index contributed by atoms with van der Waals surface area (Å²) in [6, 6.07) is 0. The van der Waals surface area contributed by atoms with Crippen LogP contribution in [0.4, 0.5) is 0 Å². The van der Waals surface area contributed by atoms with E-state index in [-0.39, 0.29) is 11.5 Å². The summed E-state index contributed by atoms with van der Waals surface area (Å²) in [4.78, 5) is 0. The number of allylic oxidation sites excluding steroid dienone is 2. The minimum absolute atomic E-state index is 0.0533. The van der Waals surface area contributed by atoms with Gasteiger partial charge in [-0.1, -0.05) is 67.0 Å². The van der Waals surface area contributed by atoms with Gasteiger partial charge in [0.15, 0.2) is 0 Å². The average molecular weight is 427 g/mol. The Kier molecular flexibility index (Phi) is 4.82. The first kappa shape index (κ1) is 22.5. The first-order valence-electron chi connectivity index (χ1n) is 13.7. The van der Waals surface area contributed by atoms with Crippen LogP contribution in [0.5, 0.6) is 0 Å². The Morgan fingerprint density at radius 3 is 2.23 bits per heavy atom. The van der Waals surface area contributed by atoms with Crippen LogP contribution in [0.2, 0.25) is 0 Å². The van der Waals surface area contributed by atoms with Crippen LogP contribution in [-0.2, 0) is 0 Å². The molecular weight excluding hydrogens is 376 g/mol. The fourth-order valence-electron chi connectivity index (χ4n) is 10.8. The highest BCUT2D eigenvalue weighted by molar-refractivity contribution is 5.33. The van der Waals surface area contributed by atoms with Crippen molar-refractivity contribution in [1.82, 2.24) is 0 Å². The third kappa shape index (κ3) is 2.65. The molecule has 0 spiro atoms. The van der Waals surface area contributed by atoms with Crippen molar-refractivity contribution in [3.8, 4) is 0 Å². The van der Waals surface area contributed by atoms with Crippen LogP contribution < -0.4 is 0 Å². The van der Waals surface area contributed by atoms with E-state index in [0.29, 0.717) is 27.6 Å². The van der Waals surface area contributed by atoms with E-state index in [1.165, 1.54) is 51.4 Å². The highest BCUT2D eigenvalue weighted by atomic mass is 16.3. The smallest absolute Gasteiger partial charge is 0.0594 e. The first-order valence-corrected chi connectivity index (χ1v) is 13.7. The molecule has 0 amide bonds. The zero-order valence-electron chi connectivity index (χ0n) is 21.9.